The van der Waals surface area contributed by atoms with Gasteiger partial charge in [-0.05, 0) is 6.08 Å². The van der Waals surface area contributed by atoms with Crippen LogP contribution in [0.4, 0.5) is 0 Å². The first-order valence-electron chi connectivity index (χ1n) is 3.65. The van der Waals surface area contributed by atoms with Crippen molar-refractivity contribution < 1.29 is 0 Å². The largest absolute Gasteiger partial charge is 0.389 e. The summed E-state index contributed by atoms with van der Waals surface area (Å²) in [5.41, 5.74) is 5.99. The van der Waals surface area contributed by atoms with Gasteiger partial charge in [0.15, 0.2) is 0 Å². The molecule has 4 nitrogen and oxygen atoms in total. The summed E-state index contributed by atoms with van der Waals surface area (Å²) in [4.78, 5) is 0.0363. The lowest BCUT2D eigenvalue weighted by Crippen LogP contribution is -2.09. The molecule has 0 unspecified atom stereocenters. The van der Waals surface area contributed by atoms with E-state index in [-0.39, 0.29) is 10.6 Å². The highest BCUT2D eigenvalue weighted by Crippen LogP contribution is 2.16. The summed E-state index contributed by atoms with van der Waals surface area (Å²) in [6.45, 7) is 0. The minimum Gasteiger partial charge on any atom is -0.389 e. The third-order valence-corrected chi connectivity index (χ3v) is 1.99. The molecule has 0 aliphatic rings. The monoisotopic (exact) mass is 226 g/mol. The standard InChI is InChI=1S/C8H7ClN4S/c1-13-4-6(9)7(12-13)2-5(3-10)8(11)14/h2,4H,1H3,(H2,11,14)/b5-2-. The average Bonchev–Trinajstić information content (AvgIpc) is 2.40. The quantitative estimate of drug-likeness (QED) is 0.469. The van der Waals surface area contributed by atoms with Crippen molar-refractivity contribution in [2.75, 3.05) is 0 Å². The van der Waals surface area contributed by atoms with Crippen LogP contribution in [0.15, 0.2) is 11.8 Å². The number of nitrogens with two attached hydrogens (primary N) is 1. The van der Waals surface area contributed by atoms with Gasteiger partial charge >= 0.3 is 0 Å². The van der Waals surface area contributed by atoms with Crippen molar-refractivity contribution in [3.05, 3.63) is 22.5 Å². The van der Waals surface area contributed by atoms with Crippen molar-refractivity contribution in [2.24, 2.45) is 12.8 Å². The van der Waals surface area contributed by atoms with E-state index in [1.54, 1.807) is 17.9 Å². The summed E-state index contributed by atoms with van der Waals surface area (Å²) in [5, 5.41) is 13.2. The Balaban J connectivity index is 3.14. The zero-order chi connectivity index (χ0) is 10.7. The Bertz CT molecular complexity index is 441. The van der Waals surface area contributed by atoms with E-state index in [4.69, 9.17) is 22.6 Å². The number of aromatic nitrogens is 2. The third-order valence-electron chi connectivity index (χ3n) is 1.48. The Morgan fingerprint density at radius 2 is 2.50 bits per heavy atom. The van der Waals surface area contributed by atoms with Crippen molar-refractivity contribution in [1.29, 1.82) is 5.26 Å². The molecule has 0 saturated carbocycles. The summed E-state index contributed by atoms with van der Waals surface area (Å²) < 4.78 is 1.54. The van der Waals surface area contributed by atoms with Gasteiger partial charge in [-0.2, -0.15) is 10.4 Å². The van der Waals surface area contributed by atoms with Gasteiger partial charge < -0.3 is 5.73 Å². The van der Waals surface area contributed by atoms with Crippen molar-refractivity contribution >= 4 is 34.9 Å². The van der Waals surface area contributed by atoms with E-state index < -0.39 is 0 Å². The van der Waals surface area contributed by atoms with Crippen LogP contribution in [0.2, 0.25) is 5.02 Å². The average molecular weight is 227 g/mol. The second-order valence-corrected chi connectivity index (χ2v) is 3.42. The maximum absolute atomic E-state index is 8.69. The van der Waals surface area contributed by atoms with Crippen LogP contribution in [0.25, 0.3) is 6.08 Å². The molecule has 1 aromatic heterocycles. The fraction of sp³-hybridized carbons (Fsp3) is 0.125. The molecule has 1 rings (SSSR count). The van der Waals surface area contributed by atoms with Gasteiger partial charge in [0.2, 0.25) is 0 Å². The molecule has 0 fully saturated rings. The summed E-state index contributed by atoms with van der Waals surface area (Å²) in [7, 11) is 1.73. The number of nitrogens with zero attached hydrogens (tertiary/aromatic N) is 3. The first-order chi connectivity index (χ1) is 6.54. The van der Waals surface area contributed by atoms with E-state index in [9.17, 15) is 0 Å². The minimum absolute atomic E-state index is 0.0363. The number of rotatable bonds is 2. The van der Waals surface area contributed by atoms with Crippen LogP contribution in [0.1, 0.15) is 5.69 Å². The lowest BCUT2D eigenvalue weighted by atomic mass is 10.2. The first kappa shape index (κ1) is 10.7. The number of nitriles is 1. The van der Waals surface area contributed by atoms with Crippen molar-refractivity contribution in [2.45, 2.75) is 0 Å². The molecule has 6 heteroatoms. The Morgan fingerprint density at radius 1 is 1.86 bits per heavy atom. The number of hydrogen-bond acceptors (Lipinski definition) is 3. The van der Waals surface area contributed by atoms with E-state index >= 15 is 0 Å². The maximum atomic E-state index is 8.69. The fourth-order valence-corrected chi connectivity index (χ4v) is 1.21. The molecular formula is C8H7ClN4S. The molecule has 72 valence electrons. The molecule has 0 atom stereocenters. The molecule has 0 aliphatic carbocycles. The molecule has 0 saturated heterocycles. The van der Waals surface area contributed by atoms with E-state index in [0.29, 0.717) is 10.7 Å². The Kier molecular flexibility index (Phi) is 3.23. The van der Waals surface area contributed by atoms with Gasteiger partial charge in [0.1, 0.15) is 16.8 Å². The molecular weight excluding hydrogens is 220 g/mol. The lowest BCUT2D eigenvalue weighted by molar-refractivity contribution is 0.764. The van der Waals surface area contributed by atoms with Crippen LogP contribution in [-0.4, -0.2) is 14.8 Å². The molecule has 0 aliphatic heterocycles. The van der Waals surface area contributed by atoms with E-state index in [2.05, 4.69) is 17.3 Å². The molecule has 0 spiro atoms. The van der Waals surface area contributed by atoms with Gasteiger partial charge in [-0.25, -0.2) is 0 Å². The second kappa shape index (κ2) is 4.22. The molecule has 0 radical (unpaired) electrons. The molecule has 0 amide bonds. The summed E-state index contributed by atoms with van der Waals surface area (Å²) in [6, 6.07) is 1.87. The highest BCUT2D eigenvalue weighted by molar-refractivity contribution is 7.80. The van der Waals surface area contributed by atoms with E-state index in [1.165, 1.54) is 6.08 Å². The smallest absolute Gasteiger partial charge is 0.114 e. The zero-order valence-electron chi connectivity index (χ0n) is 7.36. The fourth-order valence-electron chi connectivity index (χ4n) is 0.870. The highest BCUT2D eigenvalue weighted by atomic mass is 35.5. The Hall–Kier alpha value is -1.38. The Morgan fingerprint density at radius 3 is 2.86 bits per heavy atom. The van der Waals surface area contributed by atoms with Gasteiger partial charge in [0, 0.05) is 13.2 Å². The van der Waals surface area contributed by atoms with Crippen LogP contribution >= 0.6 is 23.8 Å². The number of halogens is 1. The van der Waals surface area contributed by atoms with Crippen LogP contribution in [0.5, 0.6) is 0 Å². The van der Waals surface area contributed by atoms with Crippen molar-refractivity contribution in [3.8, 4) is 6.07 Å². The second-order valence-electron chi connectivity index (χ2n) is 2.57. The van der Waals surface area contributed by atoms with E-state index in [0.717, 1.165) is 0 Å². The zero-order valence-corrected chi connectivity index (χ0v) is 8.93. The lowest BCUT2D eigenvalue weighted by Gasteiger charge is -1.92. The van der Waals surface area contributed by atoms with Gasteiger partial charge in [-0.15, -0.1) is 0 Å². The van der Waals surface area contributed by atoms with E-state index in [1.807, 2.05) is 6.07 Å². The highest BCUT2D eigenvalue weighted by Gasteiger charge is 2.05. The van der Waals surface area contributed by atoms with Crippen LogP contribution in [-0.2, 0) is 7.05 Å². The number of hydrogen-bond donors (Lipinski definition) is 1. The Labute approximate surface area is 91.6 Å². The van der Waals surface area contributed by atoms with Gasteiger partial charge in [-0.3, -0.25) is 4.68 Å². The normalized spacial score (nSPS) is 11.1. The summed E-state index contributed by atoms with van der Waals surface area (Å²) >= 11 is 10.5. The number of thiocarbonyl (C=S) groups is 1. The SMILES string of the molecule is Cn1cc(Cl)c(/C=C(/C#N)C(N)=S)n1. The van der Waals surface area contributed by atoms with Crippen molar-refractivity contribution in [3.63, 3.8) is 0 Å². The predicted molar refractivity (Wildman–Crippen MR) is 58.6 cm³/mol. The molecule has 1 aromatic rings. The molecule has 0 bridgehead atoms. The van der Waals surface area contributed by atoms with Crippen molar-refractivity contribution in [1.82, 2.24) is 9.78 Å². The molecule has 14 heavy (non-hydrogen) atoms. The topological polar surface area (TPSA) is 67.6 Å². The first-order valence-corrected chi connectivity index (χ1v) is 4.44. The summed E-state index contributed by atoms with van der Waals surface area (Å²) in [5.74, 6) is 0. The van der Waals surface area contributed by atoms with Gasteiger partial charge in [0.05, 0.1) is 10.6 Å². The van der Waals surface area contributed by atoms with Gasteiger partial charge in [-0.1, -0.05) is 23.8 Å². The molecule has 0 aromatic carbocycles. The third kappa shape index (κ3) is 2.31. The van der Waals surface area contributed by atoms with Crippen LogP contribution < -0.4 is 5.73 Å². The summed E-state index contributed by atoms with van der Waals surface area (Å²) in [6.07, 6.45) is 3.09. The van der Waals surface area contributed by atoms with Gasteiger partial charge in [0.25, 0.3) is 0 Å². The van der Waals surface area contributed by atoms with Crippen LogP contribution in [0.3, 0.4) is 0 Å². The predicted octanol–water partition coefficient (Wildman–Crippen LogP) is 1.27. The minimum atomic E-state index is 0.0363. The maximum Gasteiger partial charge on any atom is 0.114 e. The number of aryl methyl sites for hydroxylation is 1. The molecule has 1 heterocycles. The van der Waals surface area contributed by atoms with Crippen LogP contribution in [0, 0.1) is 11.3 Å². The molecule has 2 N–H and O–H groups in total.